The second-order valence-electron chi connectivity index (χ2n) is 6.99. The number of carbonyl (C=O) groups excluding carboxylic acids is 3. The quantitative estimate of drug-likeness (QED) is 0.500. The fraction of sp³-hybridized carbons (Fsp3) is 0.208. The number of rotatable bonds is 9. The molecule has 0 fully saturated rings. The number of nitrogens with one attached hydrogen (secondary N) is 2. The summed E-state index contributed by atoms with van der Waals surface area (Å²) in [6, 6.07) is 18.6. The summed E-state index contributed by atoms with van der Waals surface area (Å²) >= 11 is 0. The molecule has 0 heterocycles. The first-order valence-electron chi connectivity index (χ1n) is 9.93. The molecule has 3 aromatic rings. The van der Waals surface area contributed by atoms with Crippen LogP contribution >= 0.6 is 0 Å². The minimum atomic E-state index is -0.692. The van der Waals surface area contributed by atoms with E-state index in [0.29, 0.717) is 17.2 Å². The van der Waals surface area contributed by atoms with E-state index in [1.807, 2.05) is 49.4 Å². The molecule has 166 valence electrons. The Morgan fingerprint density at radius 1 is 0.875 bits per heavy atom. The number of anilines is 1. The predicted octanol–water partition coefficient (Wildman–Crippen LogP) is 2.83. The molecule has 32 heavy (non-hydrogen) atoms. The van der Waals surface area contributed by atoms with Crippen LogP contribution in [0.15, 0.2) is 60.7 Å². The summed E-state index contributed by atoms with van der Waals surface area (Å²) in [4.78, 5) is 35.8. The Morgan fingerprint density at radius 3 is 2.44 bits per heavy atom. The van der Waals surface area contributed by atoms with E-state index in [1.54, 1.807) is 18.2 Å². The van der Waals surface area contributed by atoms with E-state index >= 15 is 0 Å². The molecule has 0 saturated heterocycles. The van der Waals surface area contributed by atoms with Crippen LogP contribution in [0.3, 0.4) is 0 Å². The van der Waals surface area contributed by atoms with Crippen molar-refractivity contribution in [3.8, 4) is 11.5 Å². The lowest BCUT2D eigenvalue weighted by molar-refractivity contribution is -0.150. The minimum Gasteiger partial charge on any atom is -0.495 e. The topological polar surface area (TPSA) is 103 Å². The van der Waals surface area contributed by atoms with Crippen LogP contribution in [0.5, 0.6) is 11.5 Å². The number of hydrogen-bond donors (Lipinski definition) is 2. The van der Waals surface area contributed by atoms with E-state index in [-0.39, 0.29) is 13.2 Å². The summed E-state index contributed by atoms with van der Waals surface area (Å²) in [7, 11) is 1.50. The Balaban J connectivity index is 1.38. The largest absolute Gasteiger partial charge is 0.495 e. The molecule has 0 aliphatic heterocycles. The van der Waals surface area contributed by atoms with Gasteiger partial charge in [0, 0.05) is 0 Å². The van der Waals surface area contributed by atoms with Crippen LogP contribution in [0.4, 0.5) is 5.69 Å². The summed E-state index contributed by atoms with van der Waals surface area (Å²) in [5.74, 6) is -0.699. The van der Waals surface area contributed by atoms with Crippen molar-refractivity contribution in [2.45, 2.75) is 6.92 Å². The molecule has 8 heteroatoms. The van der Waals surface area contributed by atoms with Crippen molar-refractivity contribution in [2.24, 2.45) is 0 Å². The number of benzene rings is 3. The molecule has 0 unspecified atom stereocenters. The Hall–Kier alpha value is -4.07. The van der Waals surface area contributed by atoms with E-state index in [4.69, 9.17) is 14.2 Å². The van der Waals surface area contributed by atoms with Gasteiger partial charge in [0.05, 0.1) is 19.3 Å². The molecule has 0 atom stereocenters. The predicted molar refractivity (Wildman–Crippen MR) is 120 cm³/mol. The van der Waals surface area contributed by atoms with Crippen LogP contribution in [-0.4, -0.2) is 44.7 Å². The summed E-state index contributed by atoms with van der Waals surface area (Å²) in [6.45, 7) is 0.760. The number of carbonyl (C=O) groups is 3. The molecule has 0 spiro atoms. The zero-order valence-electron chi connectivity index (χ0n) is 17.8. The van der Waals surface area contributed by atoms with Gasteiger partial charge in [-0.1, -0.05) is 36.4 Å². The van der Waals surface area contributed by atoms with Crippen molar-refractivity contribution in [1.29, 1.82) is 0 Å². The highest BCUT2D eigenvalue weighted by Gasteiger charge is 2.12. The molecule has 0 bridgehead atoms. The first-order chi connectivity index (χ1) is 15.4. The number of fused-ring (bicyclic) bond motifs is 1. The summed E-state index contributed by atoms with van der Waals surface area (Å²) < 4.78 is 15.5. The third-order valence-corrected chi connectivity index (χ3v) is 4.52. The first-order valence-corrected chi connectivity index (χ1v) is 9.93. The normalized spacial score (nSPS) is 10.3. The van der Waals surface area contributed by atoms with E-state index in [9.17, 15) is 14.4 Å². The molecule has 0 aliphatic rings. The van der Waals surface area contributed by atoms with Gasteiger partial charge in [0.15, 0.2) is 13.2 Å². The Kier molecular flexibility index (Phi) is 7.64. The van der Waals surface area contributed by atoms with Crippen molar-refractivity contribution in [3.05, 3.63) is 66.2 Å². The van der Waals surface area contributed by atoms with Gasteiger partial charge in [0.25, 0.3) is 5.91 Å². The van der Waals surface area contributed by atoms with Crippen molar-refractivity contribution in [2.75, 3.05) is 32.2 Å². The number of methoxy groups -OCH3 is 1. The van der Waals surface area contributed by atoms with Crippen molar-refractivity contribution < 1.29 is 28.6 Å². The molecule has 0 aromatic heterocycles. The first kappa shape index (κ1) is 22.6. The standard InChI is InChI=1S/C24H24N2O6/c1-16-7-10-21(30-2)20(11-16)26-22(27)13-25-23(28)14-32-24(29)15-31-19-9-8-17-5-3-4-6-18(17)12-19/h3-12H,13-15H2,1-2H3,(H,25,28)(H,26,27). The molecule has 3 aromatic carbocycles. The van der Waals surface area contributed by atoms with Gasteiger partial charge in [-0.05, 0) is 47.5 Å². The molecular formula is C24H24N2O6. The number of aryl methyl sites for hydroxylation is 1. The zero-order valence-corrected chi connectivity index (χ0v) is 17.8. The highest BCUT2D eigenvalue weighted by atomic mass is 16.6. The third-order valence-electron chi connectivity index (χ3n) is 4.52. The SMILES string of the molecule is COc1ccc(C)cc1NC(=O)CNC(=O)COC(=O)COc1ccc2ccccc2c1. The fourth-order valence-corrected chi connectivity index (χ4v) is 2.93. The smallest absolute Gasteiger partial charge is 0.344 e. The highest BCUT2D eigenvalue weighted by molar-refractivity contribution is 5.96. The van der Waals surface area contributed by atoms with Crippen LogP contribution in [0.1, 0.15) is 5.56 Å². The van der Waals surface area contributed by atoms with Gasteiger partial charge in [0.2, 0.25) is 5.91 Å². The van der Waals surface area contributed by atoms with Gasteiger partial charge >= 0.3 is 5.97 Å². The molecule has 3 rings (SSSR count). The van der Waals surface area contributed by atoms with Crippen LogP contribution in [0.25, 0.3) is 10.8 Å². The molecule has 0 saturated carbocycles. The zero-order chi connectivity index (χ0) is 22.9. The van der Waals surface area contributed by atoms with Gasteiger partial charge in [-0.2, -0.15) is 0 Å². The minimum absolute atomic E-state index is 0.277. The van der Waals surface area contributed by atoms with Gasteiger partial charge in [-0.3, -0.25) is 9.59 Å². The van der Waals surface area contributed by atoms with Crippen molar-refractivity contribution in [1.82, 2.24) is 5.32 Å². The average molecular weight is 436 g/mol. The molecule has 2 N–H and O–H groups in total. The number of hydrogen-bond acceptors (Lipinski definition) is 6. The second kappa shape index (κ2) is 10.8. The van der Waals surface area contributed by atoms with Gasteiger partial charge < -0.3 is 24.8 Å². The average Bonchev–Trinajstić information content (AvgIpc) is 2.80. The van der Waals surface area contributed by atoms with Crippen LogP contribution in [-0.2, 0) is 19.1 Å². The van der Waals surface area contributed by atoms with Gasteiger partial charge in [-0.25, -0.2) is 4.79 Å². The fourth-order valence-electron chi connectivity index (χ4n) is 2.93. The lowest BCUT2D eigenvalue weighted by Crippen LogP contribution is -2.36. The van der Waals surface area contributed by atoms with Crippen molar-refractivity contribution in [3.63, 3.8) is 0 Å². The van der Waals surface area contributed by atoms with E-state index in [1.165, 1.54) is 7.11 Å². The van der Waals surface area contributed by atoms with Gasteiger partial charge in [-0.15, -0.1) is 0 Å². The maximum Gasteiger partial charge on any atom is 0.344 e. The van der Waals surface area contributed by atoms with Crippen LogP contribution in [0.2, 0.25) is 0 Å². The lowest BCUT2D eigenvalue weighted by Gasteiger charge is -2.11. The molecule has 2 amide bonds. The van der Waals surface area contributed by atoms with E-state index in [2.05, 4.69) is 10.6 Å². The van der Waals surface area contributed by atoms with E-state index in [0.717, 1.165) is 16.3 Å². The summed E-state index contributed by atoms with van der Waals surface area (Å²) in [5, 5.41) is 7.11. The number of amides is 2. The Labute approximate surface area is 185 Å². The maximum atomic E-state index is 12.1. The van der Waals surface area contributed by atoms with Crippen LogP contribution in [0, 0.1) is 6.92 Å². The summed E-state index contributed by atoms with van der Waals surface area (Å²) in [6.07, 6.45) is 0. The van der Waals surface area contributed by atoms with Crippen molar-refractivity contribution >= 4 is 34.2 Å². The molecule has 0 radical (unpaired) electrons. The third kappa shape index (κ3) is 6.46. The molecular weight excluding hydrogens is 412 g/mol. The molecule has 8 nitrogen and oxygen atoms in total. The Morgan fingerprint density at radius 2 is 1.66 bits per heavy atom. The lowest BCUT2D eigenvalue weighted by atomic mass is 10.1. The summed E-state index contributed by atoms with van der Waals surface area (Å²) in [5.41, 5.74) is 1.45. The molecule has 0 aliphatic carbocycles. The maximum absolute atomic E-state index is 12.1. The number of esters is 1. The second-order valence-corrected chi connectivity index (χ2v) is 6.99. The van der Waals surface area contributed by atoms with Gasteiger partial charge in [0.1, 0.15) is 11.5 Å². The van der Waals surface area contributed by atoms with E-state index < -0.39 is 24.4 Å². The highest BCUT2D eigenvalue weighted by Crippen LogP contribution is 2.25. The Bertz CT molecular complexity index is 1130. The number of ether oxygens (including phenoxy) is 3. The monoisotopic (exact) mass is 436 g/mol. The van der Waals surface area contributed by atoms with Crippen LogP contribution < -0.4 is 20.1 Å².